The SMILES string of the molecule is Cc1nnc(CN2C[C@@]3(F)CN(Cc4ccc(O)c([N+](=O)[O-])c4)C[C@@]3(F)C2=O)o1. The number of amides is 1. The Balaban J connectivity index is 1.49. The van der Waals surface area contributed by atoms with Gasteiger partial charge < -0.3 is 14.4 Å². The first-order valence-corrected chi connectivity index (χ1v) is 8.76. The molecule has 2 fully saturated rings. The van der Waals surface area contributed by atoms with Crippen LogP contribution in [-0.4, -0.2) is 66.9 Å². The van der Waals surface area contributed by atoms with Gasteiger partial charge in [0.2, 0.25) is 17.5 Å². The number of aromatic hydroxyl groups is 1. The summed E-state index contributed by atoms with van der Waals surface area (Å²) in [5, 5.41) is 27.8. The van der Waals surface area contributed by atoms with Crippen LogP contribution in [0.3, 0.4) is 0 Å². The number of hydrogen-bond acceptors (Lipinski definition) is 8. The van der Waals surface area contributed by atoms with Gasteiger partial charge in [-0.3, -0.25) is 19.8 Å². The van der Waals surface area contributed by atoms with Crippen molar-refractivity contribution in [1.82, 2.24) is 20.0 Å². The van der Waals surface area contributed by atoms with E-state index in [0.29, 0.717) is 5.56 Å². The summed E-state index contributed by atoms with van der Waals surface area (Å²) in [7, 11) is 0. The highest BCUT2D eigenvalue weighted by Gasteiger charge is 2.71. The molecule has 2 aliphatic heterocycles. The highest BCUT2D eigenvalue weighted by molar-refractivity contribution is 5.90. The number of nitro groups is 1. The van der Waals surface area contributed by atoms with Crippen LogP contribution in [0.2, 0.25) is 0 Å². The Morgan fingerprint density at radius 1 is 1.28 bits per heavy atom. The molecule has 0 aliphatic carbocycles. The summed E-state index contributed by atoms with van der Waals surface area (Å²) < 4.78 is 36.0. The molecule has 29 heavy (non-hydrogen) atoms. The molecule has 10 nitrogen and oxygen atoms in total. The van der Waals surface area contributed by atoms with Gasteiger partial charge in [-0.25, -0.2) is 8.78 Å². The van der Waals surface area contributed by atoms with Crippen LogP contribution in [0.5, 0.6) is 5.75 Å². The minimum Gasteiger partial charge on any atom is -0.502 e. The Morgan fingerprint density at radius 2 is 2.03 bits per heavy atom. The summed E-state index contributed by atoms with van der Waals surface area (Å²) in [5.74, 6) is -1.11. The van der Waals surface area contributed by atoms with Crippen molar-refractivity contribution >= 4 is 11.6 Å². The van der Waals surface area contributed by atoms with Gasteiger partial charge in [-0.15, -0.1) is 10.2 Å². The highest BCUT2D eigenvalue weighted by Crippen LogP contribution is 2.46. The molecule has 1 N–H and O–H groups in total. The molecular formula is C17H17F2N5O5. The van der Waals surface area contributed by atoms with Crippen molar-refractivity contribution in [2.45, 2.75) is 31.4 Å². The quantitative estimate of drug-likeness (QED) is 0.578. The summed E-state index contributed by atoms with van der Waals surface area (Å²) in [6, 6.07) is 3.73. The zero-order valence-electron chi connectivity index (χ0n) is 15.3. The van der Waals surface area contributed by atoms with E-state index in [1.54, 1.807) is 6.92 Å². The summed E-state index contributed by atoms with van der Waals surface area (Å²) in [4.78, 5) is 25.2. The van der Waals surface area contributed by atoms with E-state index in [2.05, 4.69) is 10.2 Å². The number of alkyl halides is 2. The monoisotopic (exact) mass is 409 g/mol. The average Bonchev–Trinajstić information content (AvgIpc) is 3.21. The smallest absolute Gasteiger partial charge is 0.311 e. The van der Waals surface area contributed by atoms with Crippen LogP contribution in [-0.2, 0) is 17.9 Å². The minimum absolute atomic E-state index is 0.00536. The lowest BCUT2D eigenvalue weighted by molar-refractivity contribution is -0.385. The molecule has 4 rings (SSSR count). The second-order valence-corrected chi connectivity index (χ2v) is 7.37. The zero-order chi connectivity index (χ0) is 21.0. The molecule has 0 bridgehead atoms. The number of carbonyl (C=O) groups is 1. The Morgan fingerprint density at radius 3 is 2.66 bits per heavy atom. The lowest BCUT2D eigenvalue weighted by Crippen LogP contribution is -2.47. The van der Waals surface area contributed by atoms with Crippen LogP contribution in [0.15, 0.2) is 22.6 Å². The van der Waals surface area contributed by atoms with Crippen molar-refractivity contribution in [1.29, 1.82) is 0 Å². The van der Waals surface area contributed by atoms with E-state index < -0.39 is 46.7 Å². The molecule has 1 amide bonds. The molecule has 2 aliphatic rings. The topological polar surface area (TPSA) is 126 Å². The molecule has 3 heterocycles. The maximum Gasteiger partial charge on any atom is 0.311 e. The number of phenolic OH excluding ortho intramolecular Hbond substituents is 1. The molecule has 1 aromatic heterocycles. The van der Waals surface area contributed by atoms with Crippen molar-refractivity contribution in [3.63, 3.8) is 0 Å². The summed E-state index contributed by atoms with van der Waals surface area (Å²) in [5.41, 5.74) is -5.26. The number of aryl methyl sites for hydroxylation is 1. The van der Waals surface area contributed by atoms with Crippen molar-refractivity contribution < 1.29 is 28.0 Å². The summed E-state index contributed by atoms with van der Waals surface area (Å²) in [6.45, 7) is 0.0707. The van der Waals surface area contributed by atoms with Gasteiger partial charge in [0.25, 0.3) is 5.91 Å². The second-order valence-electron chi connectivity index (χ2n) is 7.37. The van der Waals surface area contributed by atoms with Crippen LogP contribution < -0.4 is 0 Å². The normalized spacial score (nSPS) is 26.9. The van der Waals surface area contributed by atoms with E-state index in [4.69, 9.17) is 4.42 Å². The number of phenols is 1. The van der Waals surface area contributed by atoms with Crippen LogP contribution >= 0.6 is 0 Å². The number of benzene rings is 1. The van der Waals surface area contributed by atoms with Crippen LogP contribution in [0, 0.1) is 17.0 Å². The number of nitrogens with zero attached hydrogens (tertiary/aromatic N) is 5. The Hall–Kier alpha value is -3.15. The fourth-order valence-electron chi connectivity index (χ4n) is 3.92. The molecule has 154 valence electrons. The molecule has 2 saturated heterocycles. The van der Waals surface area contributed by atoms with E-state index in [1.165, 1.54) is 11.0 Å². The molecular weight excluding hydrogens is 392 g/mol. The number of rotatable bonds is 5. The molecule has 12 heteroatoms. The molecule has 0 unspecified atom stereocenters. The van der Waals surface area contributed by atoms with Crippen molar-refractivity contribution in [3.8, 4) is 5.75 Å². The van der Waals surface area contributed by atoms with Crippen LogP contribution in [0.1, 0.15) is 17.3 Å². The fraction of sp³-hybridized carbons (Fsp3) is 0.471. The minimum atomic E-state index is -2.73. The van der Waals surface area contributed by atoms with Crippen molar-refractivity contribution in [2.24, 2.45) is 0 Å². The number of likely N-dealkylation sites (tertiary alicyclic amines) is 2. The maximum atomic E-state index is 15.4. The first-order valence-electron chi connectivity index (χ1n) is 8.76. The summed E-state index contributed by atoms with van der Waals surface area (Å²) >= 11 is 0. The molecule has 0 radical (unpaired) electrons. The number of nitro benzene ring substituents is 1. The predicted octanol–water partition coefficient (Wildman–Crippen LogP) is 1.27. The first kappa shape index (κ1) is 19.2. The summed E-state index contributed by atoms with van der Waals surface area (Å²) in [6.07, 6.45) is 0. The van der Waals surface area contributed by atoms with E-state index in [1.807, 2.05) is 0 Å². The van der Waals surface area contributed by atoms with E-state index in [-0.39, 0.29) is 31.4 Å². The van der Waals surface area contributed by atoms with E-state index >= 15 is 8.78 Å². The number of aromatic nitrogens is 2. The highest BCUT2D eigenvalue weighted by atomic mass is 19.2. The van der Waals surface area contributed by atoms with Gasteiger partial charge in [-0.2, -0.15) is 0 Å². The molecule has 1 aromatic carbocycles. The average molecular weight is 409 g/mol. The van der Waals surface area contributed by atoms with Crippen LogP contribution in [0.4, 0.5) is 14.5 Å². The lowest BCUT2D eigenvalue weighted by Gasteiger charge is -2.21. The van der Waals surface area contributed by atoms with Gasteiger partial charge in [-0.05, 0) is 11.6 Å². The molecule has 0 saturated carbocycles. The van der Waals surface area contributed by atoms with Gasteiger partial charge in [-0.1, -0.05) is 6.07 Å². The molecule has 2 aromatic rings. The van der Waals surface area contributed by atoms with E-state index in [0.717, 1.165) is 17.0 Å². The number of hydrogen-bond donors (Lipinski definition) is 1. The standard InChI is InChI=1S/C17H17F2N5O5/c1-10-20-21-14(29-10)6-23-8-16(18)7-22(9-17(16,19)15(23)26)5-11-2-3-13(25)12(4-11)24(27)28/h2-4,25H,5-9H2,1H3/t16-,17+/m0/s1. The Labute approximate surface area is 162 Å². The molecule has 0 spiro atoms. The number of halogens is 2. The van der Waals surface area contributed by atoms with Crippen molar-refractivity contribution in [3.05, 3.63) is 45.7 Å². The molecule has 2 atom stereocenters. The van der Waals surface area contributed by atoms with Gasteiger partial charge in [0.15, 0.2) is 11.4 Å². The lowest BCUT2D eigenvalue weighted by atomic mass is 9.93. The van der Waals surface area contributed by atoms with E-state index in [9.17, 15) is 20.0 Å². The van der Waals surface area contributed by atoms with Gasteiger partial charge in [0, 0.05) is 32.6 Å². The number of fused-ring (bicyclic) bond motifs is 1. The third kappa shape index (κ3) is 3.09. The van der Waals surface area contributed by atoms with Gasteiger partial charge in [0.1, 0.15) is 0 Å². The predicted molar refractivity (Wildman–Crippen MR) is 92.2 cm³/mol. The maximum absolute atomic E-state index is 15.4. The Bertz CT molecular complexity index is 1000. The first-order chi connectivity index (χ1) is 13.6. The van der Waals surface area contributed by atoms with Gasteiger partial charge >= 0.3 is 5.69 Å². The third-order valence-electron chi connectivity index (χ3n) is 5.23. The Kier molecular flexibility index (Phi) is 4.26. The fourth-order valence-corrected chi connectivity index (χ4v) is 3.92. The number of carbonyl (C=O) groups excluding carboxylic acids is 1. The van der Waals surface area contributed by atoms with Crippen LogP contribution in [0.25, 0.3) is 0 Å². The largest absolute Gasteiger partial charge is 0.502 e. The van der Waals surface area contributed by atoms with Gasteiger partial charge in [0.05, 0.1) is 18.0 Å². The zero-order valence-corrected chi connectivity index (χ0v) is 15.3. The third-order valence-corrected chi connectivity index (χ3v) is 5.23. The van der Waals surface area contributed by atoms with Crippen molar-refractivity contribution in [2.75, 3.05) is 19.6 Å². The second kappa shape index (κ2) is 6.44.